The minimum absolute atomic E-state index is 0.00328. The third-order valence-electron chi connectivity index (χ3n) is 4.08. The van der Waals surface area contributed by atoms with Gasteiger partial charge in [-0.2, -0.15) is 13.2 Å². The van der Waals surface area contributed by atoms with E-state index in [9.17, 15) is 22.4 Å². The molecule has 0 aliphatic carbocycles. The Morgan fingerprint density at radius 2 is 2.09 bits per heavy atom. The van der Waals surface area contributed by atoms with Gasteiger partial charge >= 0.3 is 5.51 Å². The number of thioether (sulfide) groups is 1. The average Bonchev–Trinajstić information content (AvgIpc) is 3.06. The summed E-state index contributed by atoms with van der Waals surface area (Å²) in [6, 6.07) is 5.89. The zero-order valence-corrected chi connectivity index (χ0v) is 19.0. The Labute approximate surface area is 192 Å². The van der Waals surface area contributed by atoms with Crippen LogP contribution in [0.2, 0.25) is 0 Å². The Morgan fingerprint density at radius 1 is 1.34 bits per heavy atom. The van der Waals surface area contributed by atoms with Crippen molar-refractivity contribution in [1.29, 1.82) is 0 Å². The molecule has 0 radical (unpaired) electrons. The van der Waals surface area contributed by atoms with Crippen molar-refractivity contribution in [2.75, 3.05) is 26.0 Å². The van der Waals surface area contributed by atoms with Gasteiger partial charge in [-0.15, -0.1) is 0 Å². The smallest absolute Gasteiger partial charge is 0.447 e. The number of methoxy groups -OCH3 is 1. The topological polar surface area (TPSA) is 67.7 Å². The van der Waals surface area contributed by atoms with E-state index in [-0.39, 0.29) is 33.3 Å². The van der Waals surface area contributed by atoms with Crippen molar-refractivity contribution in [2.24, 2.45) is 0 Å². The molecule has 0 spiro atoms. The predicted molar refractivity (Wildman–Crippen MR) is 117 cm³/mol. The molecule has 0 aliphatic heterocycles. The van der Waals surface area contributed by atoms with Crippen molar-refractivity contribution in [3.8, 4) is 17.6 Å². The van der Waals surface area contributed by atoms with Gasteiger partial charge in [-0.3, -0.25) is 9.20 Å². The van der Waals surface area contributed by atoms with Crippen molar-refractivity contribution in [3.63, 3.8) is 0 Å². The van der Waals surface area contributed by atoms with Gasteiger partial charge in [0.05, 0.1) is 29.4 Å². The third kappa shape index (κ3) is 5.46. The van der Waals surface area contributed by atoms with E-state index in [1.165, 1.54) is 14.2 Å². The number of anilines is 1. The summed E-state index contributed by atoms with van der Waals surface area (Å²) in [5.41, 5.74) is -3.90. The number of aromatic nitrogens is 2. The first-order valence-corrected chi connectivity index (χ1v) is 10.5. The number of carbonyl (C=O) groups excluding carboxylic acids is 1. The lowest BCUT2D eigenvalue weighted by Gasteiger charge is -2.11. The molecule has 0 aliphatic rings. The van der Waals surface area contributed by atoms with Crippen LogP contribution in [0.25, 0.3) is 5.65 Å². The number of benzene rings is 1. The zero-order chi connectivity index (χ0) is 23.5. The number of pyridine rings is 1. The number of nitrogens with one attached hydrogen (secondary N) is 2. The monoisotopic (exact) mass is 530 g/mol. The predicted octanol–water partition coefficient (Wildman–Crippen LogP) is 4.68. The Kier molecular flexibility index (Phi) is 7.20. The largest absolute Gasteiger partial charge is 0.497 e. The van der Waals surface area contributed by atoms with E-state index in [0.29, 0.717) is 17.0 Å². The van der Waals surface area contributed by atoms with Gasteiger partial charge in [-0.25, -0.2) is 9.37 Å². The number of rotatable bonds is 5. The summed E-state index contributed by atoms with van der Waals surface area (Å²) in [5, 5.41) is 5.11. The quantitative estimate of drug-likeness (QED) is 0.285. The summed E-state index contributed by atoms with van der Waals surface area (Å²) in [6.07, 6.45) is 0.913. The van der Waals surface area contributed by atoms with Crippen LogP contribution in [0.3, 0.4) is 0 Å². The average molecular weight is 531 g/mol. The SMILES string of the molecule is CNC(=O)c1ccc(OC)cc1NCC#Cc1nc2c(Br)cc(F)cn2c1SC(F)(F)F. The molecule has 0 fully saturated rings. The maximum absolute atomic E-state index is 13.7. The standard InChI is InChI=1S/C20H15BrF4N4O2S/c1-26-18(30)13-6-5-12(31-2)9-16(13)27-7-3-4-15-19(32-20(23,24)25)29-10-11(22)8-14(21)17(29)28-15/h5-6,8-10,27H,7H2,1-2H3,(H,26,30). The molecule has 0 atom stereocenters. The molecule has 0 saturated heterocycles. The summed E-state index contributed by atoms with van der Waals surface area (Å²) in [5.74, 6) is 4.73. The van der Waals surface area contributed by atoms with Crippen LogP contribution >= 0.6 is 27.7 Å². The number of nitrogens with zero attached hydrogens (tertiary/aromatic N) is 2. The fourth-order valence-electron chi connectivity index (χ4n) is 2.74. The highest BCUT2D eigenvalue weighted by Gasteiger charge is 2.33. The Hall–Kier alpha value is -2.91. The van der Waals surface area contributed by atoms with Crippen LogP contribution in [0.4, 0.5) is 23.2 Å². The zero-order valence-electron chi connectivity index (χ0n) is 16.6. The molecule has 1 aromatic carbocycles. The van der Waals surface area contributed by atoms with Gasteiger partial charge < -0.3 is 15.4 Å². The highest BCUT2D eigenvalue weighted by atomic mass is 79.9. The molecule has 0 saturated carbocycles. The molecule has 2 N–H and O–H groups in total. The summed E-state index contributed by atoms with van der Waals surface area (Å²) < 4.78 is 59.3. The Morgan fingerprint density at radius 3 is 2.75 bits per heavy atom. The lowest BCUT2D eigenvalue weighted by Crippen LogP contribution is -2.19. The number of imidazole rings is 1. The highest BCUT2D eigenvalue weighted by molar-refractivity contribution is 9.10. The highest BCUT2D eigenvalue weighted by Crippen LogP contribution is 2.39. The lowest BCUT2D eigenvalue weighted by molar-refractivity contribution is -0.0330. The maximum atomic E-state index is 13.7. The number of hydrogen-bond acceptors (Lipinski definition) is 5. The summed E-state index contributed by atoms with van der Waals surface area (Å²) >= 11 is 2.68. The van der Waals surface area contributed by atoms with E-state index in [2.05, 4.69) is 43.4 Å². The summed E-state index contributed by atoms with van der Waals surface area (Å²) in [4.78, 5) is 16.2. The Balaban J connectivity index is 1.92. The molecule has 3 rings (SSSR count). The van der Waals surface area contributed by atoms with E-state index >= 15 is 0 Å². The fourth-order valence-corrected chi connectivity index (χ4v) is 3.89. The summed E-state index contributed by atoms with van der Waals surface area (Å²) in [7, 11) is 2.96. The number of fused-ring (bicyclic) bond motifs is 1. The van der Waals surface area contributed by atoms with E-state index in [1.807, 2.05) is 0 Å². The molecule has 2 heterocycles. The van der Waals surface area contributed by atoms with Crippen LogP contribution in [0, 0.1) is 17.7 Å². The number of alkyl halides is 3. The van der Waals surface area contributed by atoms with Gasteiger partial charge in [0.25, 0.3) is 5.91 Å². The first-order valence-electron chi connectivity index (χ1n) is 8.88. The van der Waals surface area contributed by atoms with Crippen molar-refractivity contribution in [2.45, 2.75) is 10.5 Å². The lowest BCUT2D eigenvalue weighted by atomic mass is 10.1. The number of halogens is 5. The third-order valence-corrected chi connectivity index (χ3v) is 5.48. The van der Waals surface area contributed by atoms with Crippen LogP contribution in [-0.2, 0) is 0 Å². The fraction of sp³-hybridized carbons (Fsp3) is 0.200. The number of amides is 1. The number of carbonyl (C=O) groups is 1. The van der Waals surface area contributed by atoms with E-state index in [1.54, 1.807) is 18.2 Å². The van der Waals surface area contributed by atoms with Crippen LogP contribution in [0.15, 0.2) is 40.0 Å². The molecule has 3 aromatic rings. The second kappa shape index (κ2) is 9.70. The van der Waals surface area contributed by atoms with E-state index in [4.69, 9.17) is 4.74 Å². The molecular weight excluding hydrogens is 516 g/mol. The van der Waals surface area contributed by atoms with Gasteiger partial charge in [0.2, 0.25) is 0 Å². The first kappa shape index (κ1) is 23.7. The van der Waals surface area contributed by atoms with Crippen molar-refractivity contribution >= 4 is 44.9 Å². The van der Waals surface area contributed by atoms with Crippen LogP contribution in [0.5, 0.6) is 5.75 Å². The van der Waals surface area contributed by atoms with E-state index < -0.39 is 23.1 Å². The van der Waals surface area contributed by atoms with Crippen LogP contribution in [-0.4, -0.2) is 41.5 Å². The molecule has 1 amide bonds. The molecule has 6 nitrogen and oxygen atoms in total. The second-order valence-corrected chi connectivity index (χ2v) is 8.07. The summed E-state index contributed by atoms with van der Waals surface area (Å²) in [6.45, 7) is -0.00328. The molecule has 168 valence electrons. The molecular formula is C20H15BrF4N4O2S. The van der Waals surface area contributed by atoms with Gasteiger partial charge in [-0.05, 0) is 40.0 Å². The van der Waals surface area contributed by atoms with Gasteiger partial charge in [0.15, 0.2) is 5.65 Å². The minimum Gasteiger partial charge on any atom is -0.497 e. The van der Waals surface area contributed by atoms with Crippen molar-refractivity contribution < 1.29 is 27.1 Å². The Bertz CT molecular complexity index is 1230. The molecule has 2 aromatic heterocycles. The van der Waals surface area contributed by atoms with Crippen LogP contribution < -0.4 is 15.4 Å². The van der Waals surface area contributed by atoms with E-state index in [0.717, 1.165) is 16.7 Å². The minimum atomic E-state index is -4.62. The molecule has 0 unspecified atom stereocenters. The second-order valence-electron chi connectivity index (χ2n) is 6.16. The molecule has 12 heteroatoms. The normalized spacial score (nSPS) is 11.1. The number of ether oxygens (including phenoxy) is 1. The van der Waals surface area contributed by atoms with Crippen molar-refractivity contribution in [3.05, 3.63) is 52.0 Å². The molecule has 32 heavy (non-hydrogen) atoms. The van der Waals surface area contributed by atoms with Gasteiger partial charge in [0.1, 0.15) is 22.3 Å². The van der Waals surface area contributed by atoms with Crippen molar-refractivity contribution in [1.82, 2.24) is 14.7 Å². The number of hydrogen-bond donors (Lipinski definition) is 2. The van der Waals surface area contributed by atoms with Gasteiger partial charge in [0, 0.05) is 31.1 Å². The van der Waals surface area contributed by atoms with Crippen LogP contribution in [0.1, 0.15) is 16.1 Å². The first-order chi connectivity index (χ1) is 15.1. The van der Waals surface area contributed by atoms with Gasteiger partial charge in [-0.1, -0.05) is 5.92 Å². The maximum Gasteiger partial charge on any atom is 0.447 e. The molecule has 0 bridgehead atoms.